The summed E-state index contributed by atoms with van der Waals surface area (Å²) in [5, 5.41) is 1.23. The van der Waals surface area contributed by atoms with Crippen molar-refractivity contribution < 1.29 is 0 Å². The molecule has 0 atom stereocenters. The Labute approximate surface area is 57.6 Å². The number of hydrogen-bond acceptors (Lipinski definition) is 3. The van der Waals surface area contributed by atoms with Gasteiger partial charge in [0.2, 0.25) is 0 Å². The first-order chi connectivity index (χ1) is 3.41. The van der Waals surface area contributed by atoms with Crippen LogP contribution >= 0.6 is 33.3 Å². The van der Waals surface area contributed by atoms with Gasteiger partial charge in [0.05, 0.1) is 0 Å². The van der Waals surface area contributed by atoms with Crippen LogP contribution in [0.5, 0.6) is 0 Å². The van der Waals surface area contributed by atoms with Crippen LogP contribution in [0.3, 0.4) is 0 Å². The molecule has 0 N–H and O–H groups in total. The maximum Gasteiger partial charge on any atom is 0.0495 e. The second kappa shape index (κ2) is 7.05. The molecule has 0 fully saturated rings. The van der Waals surface area contributed by atoms with Crippen molar-refractivity contribution in [3.8, 4) is 0 Å². The van der Waals surface area contributed by atoms with E-state index < -0.39 is 0 Å². The van der Waals surface area contributed by atoms with Gasteiger partial charge in [0.15, 0.2) is 0 Å². The van der Waals surface area contributed by atoms with E-state index >= 15 is 0 Å². The predicted octanol–water partition coefficient (Wildman–Crippen LogP) is 2.71. The van der Waals surface area contributed by atoms with E-state index in [0.29, 0.717) is 0 Å². The van der Waals surface area contributed by atoms with Crippen LogP contribution in [0.15, 0.2) is 0 Å². The van der Waals surface area contributed by atoms with Crippen LogP contribution in [0, 0.1) is 0 Å². The standard InChI is InChI=1S/C4H10S3/c1-3-6-4-7-5-2/h3-4H2,1-2H3. The summed E-state index contributed by atoms with van der Waals surface area (Å²) in [6, 6.07) is 0. The monoisotopic (exact) mass is 154 g/mol. The summed E-state index contributed by atoms with van der Waals surface area (Å²) in [5.74, 6) is 1.24. The molecule has 0 radical (unpaired) electrons. The highest BCUT2D eigenvalue weighted by atomic mass is 33.1. The van der Waals surface area contributed by atoms with Crippen molar-refractivity contribution in [2.45, 2.75) is 6.92 Å². The van der Waals surface area contributed by atoms with Gasteiger partial charge in [-0.25, -0.2) is 0 Å². The van der Waals surface area contributed by atoms with E-state index in [0.717, 1.165) is 0 Å². The van der Waals surface area contributed by atoms with Crippen molar-refractivity contribution in [2.24, 2.45) is 0 Å². The molecule has 0 aromatic heterocycles. The topological polar surface area (TPSA) is 0 Å². The lowest BCUT2D eigenvalue weighted by atomic mass is 11.0. The average Bonchev–Trinajstić information content (AvgIpc) is 1.69. The van der Waals surface area contributed by atoms with Gasteiger partial charge in [-0.3, -0.25) is 0 Å². The Morgan fingerprint density at radius 1 is 1.43 bits per heavy atom. The molecular formula is C4H10S3. The first-order valence-corrected chi connectivity index (χ1v) is 6.03. The van der Waals surface area contributed by atoms with Gasteiger partial charge in [-0.15, -0.1) is 0 Å². The molecule has 0 aliphatic carbocycles. The van der Waals surface area contributed by atoms with Crippen molar-refractivity contribution in [3.05, 3.63) is 0 Å². The fourth-order valence-electron chi connectivity index (χ4n) is 0.165. The summed E-state index contributed by atoms with van der Waals surface area (Å²) in [6.07, 6.45) is 2.11. The van der Waals surface area contributed by atoms with Crippen LogP contribution in [0.4, 0.5) is 0 Å². The summed E-state index contributed by atoms with van der Waals surface area (Å²) < 4.78 is 0. The smallest absolute Gasteiger partial charge is 0.0495 e. The summed E-state index contributed by atoms with van der Waals surface area (Å²) in [7, 11) is 3.75. The lowest BCUT2D eigenvalue weighted by Crippen LogP contribution is -1.65. The van der Waals surface area contributed by atoms with Crippen molar-refractivity contribution in [3.63, 3.8) is 0 Å². The minimum absolute atomic E-state index is 1.23. The molecule has 0 amide bonds. The van der Waals surface area contributed by atoms with Gasteiger partial charge in [0, 0.05) is 5.08 Å². The molecule has 0 nitrogen and oxygen atoms in total. The molecule has 0 saturated heterocycles. The van der Waals surface area contributed by atoms with E-state index in [1.807, 2.05) is 33.3 Å². The van der Waals surface area contributed by atoms with Gasteiger partial charge in [0.1, 0.15) is 0 Å². The van der Waals surface area contributed by atoms with E-state index in [1.54, 1.807) is 0 Å². The van der Waals surface area contributed by atoms with E-state index in [4.69, 9.17) is 0 Å². The molecule has 0 heterocycles. The van der Waals surface area contributed by atoms with Crippen LogP contribution in [0.25, 0.3) is 0 Å². The summed E-state index contributed by atoms with van der Waals surface area (Å²) >= 11 is 1.97. The van der Waals surface area contributed by atoms with Crippen molar-refractivity contribution >= 4 is 33.3 Å². The van der Waals surface area contributed by atoms with E-state index in [2.05, 4.69) is 13.2 Å². The van der Waals surface area contributed by atoms with Gasteiger partial charge in [-0.2, -0.15) is 11.8 Å². The molecule has 0 bridgehead atoms. The summed E-state index contributed by atoms with van der Waals surface area (Å²) in [4.78, 5) is 0. The zero-order valence-electron chi connectivity index (χ0n) is 4.64. The summed E-state index contributed by atoms with van der Waals surface area (Å²) in [6.45, 7) is 2.19. The number of hydrogen-bond donors (Lipinski definition) is 0. The van der Waals surface area contributed by atoms with Crippen LogP contribution in [0.1, 0.15) is 6.92 Å². The second-order valence-electron chi connectivity index (χ2n) is 0.895. The number of thioether (sulfide) groups is 1. The lowest BCUT2D eigenvalue weighted by molar-refractivity contribution is 1.53. The molecule has 3 heteroatoms. The molecule has 0 spiro atoms. The molecule has 0 unspecified atom stereocenters. The molecule has 44 valence electrons. The molecular weight excluding hydrogens is 144 g/mol. The van der Waals surface area contributed by atoms with Crippen molar-refractivity contribution in [1.29, 1.82) is 0 Å². The Bertz CT molecular complexity index is 26.1. The number of rotatable bonds is 4. The largest absolute Gasteiger partial charge is 0.150 e. The Balaban J connectivity index is 2.45. The maximum atomic E-state index is 2.19. The normalized spacial score (nSPS) is 9.43. The Hall–Kier alpha value is 1.05. The highest BCUT2D eigenvalue weighted by Crippen LogP contribution is 2.21. The molecule has 0 aliphatic rings. The van der Waals surface area contributed by atoms with Crippen LogP contribution in [-0.4, -0.2) is 17.1 Å². The molecule has 7 heavy (non-hydrogen) atoms. The first kappa shape index (κ1) is 8.05. The third kappa shape index (κ3) is 7.05. The van der Waals surface area contributed by atoms with Crippen molar-refractivity contribution in [2.75, 3.05) is 17.1 Å². The van der Waals surface area contributed by atoms with Crippen LogP contribution in [-0.2, 0) is 0 Å². The van der Waals surface area contributed by atoms with E-state index in [-0.39, 0.29) is 0 Å². The highest BCUT2D eigenvalue weighted by molar-refractivity contribution is 8.77. The molecule has 0 aromatic carbocycles. The third-order valence-electron chi connectivity index (χ3n) is 0.453. The SMILES string of the molecule is CCSCSSC. The van der Waals surface area contributed by atoms with Gasteiger partial charge in [0.25, 0.3) is 0 Å². The Morgan fingerprint density at radius 2 is 2.14 bits per heavy atom. The fourth-order valence-corrected chi connectivity index (χ4v) is 2.97. The van der Waals surface area contributed by atoms with E-state index in [9.17, 15) is 0 Å². The minimum Gasteiger partial charge on any atom is -0.150 e. The van der Waals surface area contributed by atoms with Crippen LogP contribution in [0.2, 0.25) is 0 Å². The van der Waals surface area contributed by atoms with Gasteiger partial charge >= 0.3 is 0 Å². The fraction of sp³-hybridized carbons (Fsp3) is 1.00. The van der Waals surface area contributed by atoms with Crippen molar-refractivity contribution in [1.82, 2.24) is 0 Å². The minimum atomic E-state index is 1.23. The second-order valence-corrected chi connectivity index (χ2v) is 5.10. The Kier molecular flexibility index (Phi) is 8.11. The Morgan fingerprint density at radius 3 is 2.57 bits per heavy atom. The maximum absolute atomic E-state index is 2.19. The first-order valence-electron chi connectivity index (χ1n) is 2.15. The summed E-state index contributed by atoms with van der Waals surface area (Å²) in [5.41, 5.74) is 0. The van der Waals surface area contributed by atoms with Crippen LogP contribution < -0.4 is 0 Å². The predicted molar refractivity (Wildman–Crippen MR) is 44.1 cm³/mol. The third-order valence-corrected chi connectivity index (χ3v) is 3.72. The zero-order chi connectivity index (χ0) is 5.54. The molecule has 0 aromatic rings. The van der Waals surface area contributed by atoms with Gasteiger partial charge in [-0.1, -0.05) is 28.5 Å². The van der Waals surface area contributed by atoms with Gasteiger partial charge < -0.3 is 0 Å². The molecule has 0 aliphatic heterocycles. The molecule has 0 rings (SSSR count). The quantitative estimate of drug-likeness (QED) is 0.347. The average molecular weight is 154 g/mol. The lowest BCUT2D eigenvalue weighted by Gasteiger charge is -1.90. The van der Waals surface area contributed by atoms with E-state index in [1.165, 1.54) is 10.8 Å². The molecule has 0 saturated carbocycles. The highest BCUT2D eigenvalue weighted by Gasteiger charge is 1.80. The van der Waals surface area contributed by atoms with Gasteiger partial charge in [-0.05, 0) is 12.0 Å². The zero-order valence-corrected chi connectivity index (χ0v) is 7.09.